The van der Waals surface area contributed by atoms with Crippen LogP contribution in [0.5, 0.6) is 5.75 Å². The highest BCUT2D eigenvalue weighted by Gasteiger charge is 2.45. The van der Waals surface area contributed by atoms with Gasteiger partial charge in [0, 0.05) is 20.2 Å². The molecule has 1 amide bonds. The number of nitrogens with zero attached hydrogens (tertiary/aromatic N) is 1. The summed E-state index contributed by atoms with van der Waals surface area (Å²) >= 11 is 0. The van der Waals surface area contributed by atoms with Gasteiger partial charge in [0.2, 0.25) is 5.91 Å². The molecule has 2 aliphatic rings. The van der Waals surface area contributed by atoms with E-state index in [-0.39, 0.29) is 11.9 Å². The topological polar surface area (TPSA) is 62.8 Å². The van der Waals surface area contributed by atoms with Crippen LogP contribution in [0.3, 0.4) is 0 Å². The molecule has 6 nitrogen and oxygen atoms in total. The highest BCUT2D eigenvalue weighted by molar-refractivity contribution is 5.82. The van der Waals surface area contributed by atoms with Gasteiger partial charge in [-0.3, -0.25) is 9.69 Å². The van der Waals surface area contributed by atoms with Crippen molar-refractivity contribution >= 4 is 5.91 Å². The molecule has 0 bridgehead atoms. The van der Waals surface area contributed by atoms with Gasteiger partial charge in [0.15, 0.2) is 0 Å². The summed E-state index contributed by atoms with van der Waals surface area (Å²) in [5.74, 6) is 0.962. The van der Waals surface area contributed by atoms with E-state index in [2.05, 4.69) is 22.6 Å². The van der Waals surface area contributed by atoms with Gasteiger partial charge >= 0.3 is 0 Å². The molecule has 2 N–H and O–H groups in total. The third kappa shape index (κ3) is 4.75. The molecule has 2 saturated heterocycles. The minimum Gasteiger partial charge on any atom is -0.491 e. The maximum Gasteiger partial charge on any atom is 0.237 e. The molecule has 1 aromatic carbocycles. The van der Waals surface area contributed by atoms with E-state index in [1.54, 1.807) is 7.11 Å². The summed E-state index contributed by atoms with van der Waals surface area (Å²) in [6, 6.07) is 7.85. The van der Waals surface area contributed by atoms with Gasteiger partial charge in [-0.05, 0) is 62.5 Å². The number of methoxy groups -OCH3 is 1. The normalized spacial score (nSPS) is 22.5. The van der Waals surface area contributed by atoms with Crippen LogP contribution >= 0.6 is 0 Å². The standard InChI is InChI=1S/C20H31N3O3/c1-23-15-20(7-9-21-10-8-20)13-18(23)19(24)22-14-16-3-5-17(6-4-16)26-12-11-25-2/h3-6,18,21H,7-15H2,1-2H3,(H,22,24)/t18-/m1/s1. The second kappa shape index (κ2) is 8.84. The molecule has 2 aliphatic heterocycles. The molecule has 2 fully saturated rings. The van der Waals surface area contributed by atoms with E-state index >= 15 is 0 Å². The minimum absolute atomic E-state index is 0.00949. The van der Waals surface area contributed by atoms with E-state index < -0.39 is 0 Å². The summed E-state index contributed by atoms with van der Waals surface area (Å²) in [7, 11) is 3.73. The SMILES string of the molecule is COCCOc1ccc(CNC(=O)[C@H]2CC3(CCNCC3)CN2C)cc1. The van der Waals surface area contributed by atoms with Crippen LogP contribution in [0, 0.1) is 5.41 Å². The number of rotatable bonds is 7. The Labute approximate surface area is 156 Å². The van der Waals surface area contributed by atoms with Crippen molar-refractivity contribution in [3.8, 4) is 5.75 Å². The van der Waals surface area contributed by atoms with Crippen molar-refractivity contribution in [2.24, 2.45) is 5.41 Å². The molecule has 0 unspecified atom stereocenters. The van der Waals surface area contributed by atoms with Crippen molar-refractivity contribution in [2.75, 3.05) is 47.0 Å². The van der Waals surface area contributed by atoms with Crippen LogP contribution in [0.1, 0.15) is 24.8 Å². The first-order valence-electron chi connectivity index (χ1n) is 9.51. The Balaban J connectivity index is 1.47. The molecule has 0 aromatic heterocycles. The summed E-state index contributed by atoms with van der Waals surface area (Å²) in [6.45, 7) is 4.83. The zero-order valence-electron chi connectivity index (χ0n) is 15.9. The number of hydrogen-bond acceptors (Lipinski definition) is 5. The summed E-state index contributed by atoms with van der Waals surface area (Å²) in [5, 5.41) is 6.53. The average Bonchev–Trinajstić information content (AvgIpc) is 2.97. The number of carbonyl (C=O) groups is 1. The lowest BCUT2D eigenvalue weighted by Gasteiger charge is -2.33. The molecular weight excluding hydrogens is 330 g/mol. The summed E-state index contributed by atoms with van der Waals surface area (Å²) in [6.07, 6.45) is 3.32. The zero-order valence-corrected chi connectivity index (χ0v) is 15.9. The highest BCUT2D eigenvalue weighted by Crippen LogP contribution is 2.41. The molecule has 144 valence electrons. The first kappa shape index (κ1) is 19.1. The van der Waals surface area contributed by atoms with Gasteiger partial charge in [0.05, 0.1) is 12.6 Å². The fraction of sp³-hybridized carbons (Fsp3) is 0.650. The van der Waals surface area contributed by atoms with Crippen LogP contribution < -0.4 is 15.4 Å². The van der Waals surface area contributed by atoms with E-state index in [0.717, 1.165) is 37.4 Å². The minimum atomic E-state index is -0.00949. The molecule has 6 heteroatoms. The van der Waals surface area contributed by atoms with Crippen LogP contribution in [0.25, 0.3) is 0 Å². The van der Waals surface area contributed by atoms with Gasteiger partial charge in [-0.2, -0.15) is 0 Å². The Hall–Kier alpha value is -1.63. The van der Waals surface area contributed by atoms with Crippen molar-refractivity contribution < 1.29 is 14.3 Å². The monoisotopic (exact) mass is 361 g/mol. The Bertz CT molecular complexity index is 584. The Morgan fingerprint density at radius 2 is 2.00 bits per heavy atom. The summed E-state index contributed by atoms with van der Waals surface area (Å²) in [5.41, 5.74) is 1.40. The molecule has 0 saturated carbocycles. The largest absolute Gasteiger partial charge is 0.491 e. The molecule has 2 heterocycles. The highest BCUT2D eigenvalue weighted by atomic mass is 16.5. The number of benzene rings is 1. The third-order valence-electron chi connectivity index (χ3n) is 5.66. The average molecular weight is 361 g/mol. The van der Waals surface area contributed by atoms with Gasteiger partial charge in [-0.15, -0.1) is 0 Å². The third-order valence-corrected chi connectivity index (χ3v) is 5.66. The first-order valence-corrected chi connectivity index (χ1v) is 9.51. The van der Waals surface area contributed by atoms with Crippen LogP contribution in [0.15, 0.2) is 24.3 Å². The Morgan fingerprint density at radius 3 is 2.69 bits per heavy atom. The van der Waals surface area contributed by atoms with Crippen molar-refractivity contribution in [3.05, 3.63) is 29.8 Å². The van der Waals surface area contributed by atoms with Crippen molar-refractivity contribution in [3.63, 3.8) is 0 Å². The van der Waals surface area contributed by atoms with Crippen LogP contribution in [0.2, 0.25) is 0 Å². The van der Waals surface area contributed by atoms with Gasteiger partial charge in [0.25, 0.3) is 0 Å². The van der Waals surface area contributed by atoms with Crippen molar-refractivity contribution in [1.29, 1.82) is 0 Å². The molecular formula is C20H31N3O3. The molecule has 1 atom stereocenters. The summed E-state index contributed by atoms with van der Waals surface area (Å²) < 4.78 is 10.5. The van der Waals surface area contributed by atoms with Crippen LogP contribution in [-0.4, -0.2) is 63.9 Å². The predicted octanol–water partition coefficient (Wildman–Crippen LogP) is 1.40. The first-order chi connectivity index (χ1) is 12.6. The van der Waals surface area contributed by atoms with Crippen LogP contribution in [-0.2, 0) is 16.1 Å². The number of carbonyl (C=O) groups excluding carboxylic acids is 1. The second-order valence-electron chi connectivity index (χ2n) is 7.59. The maximum absolute atomic E-state index is 12.7. The van der Waals surface area contributed by atoms with E-state index in [0.29, 0.717) is 25.2 Å². The number of piperidine rings is 1. The lowest BCUT2D eigenvalue weighted by atomic mass is 9.77. The number of likely N-dealkylation sites (N-methyl/N-ethyl adjacent to an activating group) is 1. The Morgan fingerprint density at radius 1 is 1.27 bits per heavy atom. The maximum atomic E-state index is 12.7. The smallest absolute Gasteiger partial charge is 0.237 e. The van der Waals surface area contributed by atoms with Crippen LogP contribution in [0.4, 0.5) is 0 Å². The Kier molecular flexibility index (Phi) is 6.51. The molecule has 0 radical (unpaired) electrons. The van der Waals surface area contributed by atoms with Gasteiger partial charge < -0.3 is 20.1 Å². The fourth-order valence-corrected chi connectivity index (χ4v) is 4.14. The van der Waals surface area contributed by atoms with Gasteiger partial charge in [-0.25, -0.2) is 0 Å². The number of ether oxygens (including phenoxy) is 2. The second-order valence-corrected chi connectivity index (χ2v) is 7.59. The van der Waals surface area contributed by atoms with E-state index in [9.17, 15) is 4.79 Å². The lowest BCUT2D eigenvalue weighted by molar-refractivity contribution is -0.125. The fourth-order valence-electron chi connectivity index (χ4n) is 4.14. The van der Waals surface area contributed by atoms with Crippen molar-refractivity contribution in [1.82, 2.24) is 15.5 Å². The van der Waals surface area contributed by atoms with Gasteiger partial charge in [0.1, 0.15) is 12.4 Å². The quantitative estimate of drug-likeness (QED) is 0.719. The lowest BCUT2D eigenvalue weighted by Crippen LogP contribution is -2.41. The van der Waals surface area contributed by atoms with E-state index in [1.165, 1.54) is 12.8 Å². The van der Waals surface area contributed by atoms with E-state index in [1.807, 2.05) is 24.3 Å². The molecule has 0 aliphatic carbocycles. The molecule has 1 aromatic rings. The number of amides is 1. The molecule has 3 rings (SSSR count). The zero-order chi connectivity index (χ0) is 18.4. The number of likely N-dealkylation sites (tertiary alicyclic amines) is 1. The van der Waals surface area contributed by atoms with Crippen molar-refractivity contribution in [2.45, 2.75) is 31.8 Å². The molecule has 1 spiro atoms. The predicted molar refractivity (Wildman–Crippen MR) is 101 cm³/mol. The number of hydrogen-bond donors (Lipinski definition) is 2. The molecule has 26 heavy (non-hydrogen) atoms. The van der Waals surface area contributed by atoms with Gasteiger partial charge in [-0.1, -0.05) is 12.1 Å². The number of nitrogens with one attached hydrogen (secondary N) is 2. The van der Waals surface area contributed by atoms with E-state index in [4.69, 9.17) is 9.47 Å². The summed E-state index contributed by atoms with van der Waals surface area (Å²) in [4.78, 5) is 14.9.